The Hall–Kier alpha value is -3.05. The van der Waals surface area contributed by atoms with Crippen LogP contribution in [0.5, 0.6) is 5.88 Å². The Bertz CT molecular complexity index is 908. The van der Waals surface area contributed by atoms with Crippen molar-refractivity contribution in [1.29, 1.82) is 0 Å². The van der Waals surface area contributed by atoms with Crippen LogP contribution in [0.25, 0.3) is 0 Å². The zero-order valence-corrected chi connectivity index (χ0v) is 19.2. The molecule has 0 saturated carbocycles. The van der Waals surface area contributed by atoms with E-state index < -0.39 is 5.60 Å². The first-order valence-corrected chi connectivity index (χ1v) is 10.2. The quantitative estimate of drug-likeness (QED) is 0.596. The predicted molar refractivity (Wildman–Crippen MR) is 114 cm³/mol. The number of ether oxygens (including phenoxy) is 2. The Morgan fingerprint density at radius 3 is 2.47 bits per heavy atom. The summed E-state index contributed by atoms with van der Waals surface area (Å²) in [6.45, 7) is 7.76. The standard InChI is InChI=1S/C20H29N5O4.CH2O2/c1-13-10-14(2)22-18(27-4)16(13)11-21-19(26)20(28-5)6-8-25(9-7-20)12-17-24-23-15(3)29-17;2-1-3/h10H,6-9,11-12H2,1-5H3,(H,21,26);1H,(H,2,3). The highest BCUT2D eigenvalue weighted by Gasteiger charge is 2.41. The van der Waals surface area contributed by atoms with E-state index in [0.29, 0.717) is 56.7 Å². The van der Waals surface area contributed by atoms with Crippen LogP contribution in [-0.4, -0.2) is 70.5 Å². The van der Waals surface area contributed by atoms with Gasteiger partial charge < -0.3 is 24.3 Å². The van der Waals surface area contributed by atoms with Gasteiger partial charge >= 0.3 is 0 Å². The maximum atomic E-state index is 13.0. The molecule has 0 radical (unpaired) electrons. The fourth-order valence-corrected chi connectivity index (χ4v) is 3.73. The van der Waals surface area contributed by atoms with E-state index in [2.05, 4.69) is 25.4 Å². The van der Waals surface area contributed by atoms with Gasteiger partial charge in [-0.2, -0.15) is 0 Å². The number of nitrogens with one attached hydrogen (secondary N) is 1. The van der Waals surface area contributed by atoms with E-state index in [-0.39, 0.29) is 12.4 Å². The number of aromatic nitrogens is 3. The van der Waals surface area contributed by atoms with Crippen molar-refractivity contribution in [2.45, 2.75) is 52.3 Å². The lowest BCUT2D eigenvalue weighted by Crippen LogP contribution is -2.54. The van der Waals surface area contributed by atoms with Crippen molar-refractivity contribution in [2.24, 2.45) is 0 Å². The molecule has 11 nitrogen and oxygen atoms in total. The van der Waals surface area contributed by atoms with Gasteiger partial charge in [0, 0.05) is 44.9 Å². The van der Waals surface area contributed by atoms with Crippen molar-refractivity contribution in [3.8, 4) is 5.88 Å². The molecule has 0 unspecified atom stereocenters. The van der Waals surface area contributed by atoms with Gasteiger partial charge in [-0.3, -0.25) is 14.5 Å². The van der Waals surface area contributed by atoms with Gasteiger partial charge in [0.1, 0.15) is 5.60 Å². The third-order valence-electron chi connectivity index (χ3n) is 5.45. The van der Waals surface area contributed by atoms with Gasteiger partial charge in [-0.25, -0.2) is 4.98 Å². The van der Waals surface area contributed by atoms with Gasteiger partial charge in [0.2, 0.25) is 17.7 Å². The van der Waals surface area contributed by atoms with Crippen molar-refractivity contribution >= 4 is 12.4 Å². The third kappa shape index (κ3) is 6.24. The molecule has 1 fully saturated rings. The molecule has 1 aliphatic heterocycles. The molecule has 176 valence electrons. The zero-order chi connectivity index (χ0) is 23.7. The summed E-state index contributed by atoms with van der Waals surface area (Å²) in [5.74, 6) is 1.57. The molecule has 3 heterocycles. The first-order chi connectivity index (χ1) is 15.3. The molecule has 0 atom stereocenters. The Kier molecular flexibility index (Phi) is 9.09. The highest BCUT2D eigenvalue weighted by Crippen LogP contribution is 2.28. The second kappa shape index (κ2) is 11.5. The van der Waals surface area contributed by atoms with Crippen LogP contribution in [0.4, 0.5) is 0 Å². The molecule has 11 heteroatoms. The predicted octanol–water partition coefficient (Wildman–Crippen LogP) is 1.40. The summed E-state index contributed by atoms with van der Waals surface area (Å²) >= 11 is 0. The number of nitrogens with zero attached hydrogens (tertiary/aromatic N) is 4. The topological polar surface area (TPSA) is 140 Å². The number of likely N-dealkylation sites (tertiary alicyclic amines) is 1. The van der Waals surface area contributed by atoms with Crippen LogP contribution in [0.1, 0.15) is 41.4 Å². The lowest BCUT2D eigenvalue weighted by Gasteiger charge is -2.39. The van der Waals surface area contributed by atoms with Crippen LogP contribution in [0.3, 0.4) is 0 Å². The summed E-state index contributed by atoms with van der Waals surface area (Å²) in [6.07, 6.45) is 1.18. The molecule has 0 spiro atoms. The number of hydrogen-bond donors (Lipinski definition) is 2. The lowest BCUT2D eigenvalue weighted by atomic mass is 9.90. The molecule has 0 aromatic carbocycles. The Morgan fingerprint density at radius 1 is 1.28 bits per heavy atom. The van der Waals surface area contributed by atoms with Crippen molar-refractivity contribution in [3.05, 3.63) is 34.7 Å². The molecule has 0 bridgehead atoms. The Morgan fingerprint density at radius 2 is 1.94 bits per heavy atom. The van der Waals surface area contributed by atoms with Crippen LogP contribution < -0.4 is 10.1 Å². The number of aryl methyl sites for hydroxylation is 3. The number of carbonyl (C=O) groups is 2. The maximum Gasteiger partial charge on any atom is 0.290 e. The first kappa shape index (κ1) is 25.2. The smallest absolute Gasteiger partial charge is 0.290 e. The first-order valence-electron chi connectivity index (χ1n) is 10.2. The second-order valence-corrected chi connectivity index (χ2v) is 7.55. The minimum absolute atomic E-state index is 0.115. The number of carbonyl (C=O) groups excluding carboxylic acids is 1. The third-order valence-corrected chi connectivity index (χ3v) is 5.45. The summed E-state index contributed by atoms with van der Waals surface area (Å²) in [4.78, 5) is 28.0. The van der Waals surface area contributed by atoms with Crippen molar-refractivity contribution in [1.82, 2.24) is 25.4 Å². The van der Waals surface area contributed by atoms with Crippen LogP contribution in [0.15, 0.2) is 10.5 Å². The molecule has 2 aromatic rings. The molecule has 3 rings (SSSR count). The average Bonchev–Trinajstić information content (AvgIpc) is 3.18. The summed E-state index contributed by atoms with van der Waals surface area (Å²) in [5.41, 5.74) is 1.94. The highest BCUT2D eigenvalue weighted by molar-refractivity contribution is 5.85. The van der Waals surface area contributed by atoms with Gasteiger partial charge in [-0.1, -0.05) is 0 Å². The number of rotatable bonds is 7. The average molecular weight is 450 g/mol. The van der Waals surface area contributed by atoms with Crippen LogP contribution in [0, 0.1) is 20.8 Å². The summed E-state index contributed by atoms with van der Waals surface area (Å²) in [5, 5.41) is 17.8. The van der Waals surface area contributed by atoms with E-state index in [1.165, 1.54) is 0 Å². The molecule has 2 aromatic heterocycles. The molecule has 32 heavy (non-hydrogen) atoms. The summed E-state index contributed by atoms with van der Waals surface area (Å²) < 4.78 is 16.5. The molecular formula is C21H31N5O6. The zero-order valence-electron chi connectivity index (χ0n) is 19.2. The molecule has 1 aliphatic rings. The lowest BCUT2D eigenvalue weighted by molar-refractivity contribution is -0.150. The van der Waals surface area contributed by atoms with E-state index in [4.69, 9.17) is 23.8 Å². The number of methoxy groups -OCH3 is 2. The van der Waals surface area contributed by atoms with Gasteiger partial charge in [0.25, 0.3) is 12.4 Å². The van der Waals surface area contributed by atoms with E-state index in [0.717, 1.165) is 16.8 Å². The normalized spacial score (nSPS) is 15.4. The van der Waals surface area contributed by atoms with Gasteiger partial charge in [0.15, 0.2) is 0 Å². The number of amides is 1. The van der Waals surface area contributed by atoms with Crippen LogP contribution in [0.2, 0.25) is 0 Å². The number of piperidine rings is 1. The number of carboxylic acid groups (broad SMARTS) is 1. The Balaban J connectivity index is 0.00000114. The largest absolute Gasteiger partial charge is 0.483 e. The van der Waals surface area contributed by atoms with Gasteiger partial charge in [0.05, 0.1) is 13.7 Å². The second-order valence-electron chi connectivity index (χ2n) is 7.55. The summed E-state index contributed by atoms with van der Waals surface area (Å²) in [7, 11) is 3.18. The van der Waals surface area contributed by atoms with Crippen molar-refractivity contribution < 1.29 is 28.6 Å². The minimum Gasteiger partial charge on any atom is -0.483 e. The monoisotopic (exact) mass is 449 g/mol. The number of pyridine rings is 1. The van der Waals surface area contributed by atoms with Gasteiger partial charge in [-0.05, 0) is 38.3 Å². The van der Waals surface area contributed by atoms with Crippen molar-refractivity contribution in [2.75, 3.05) is 27.3 Å². The van der Waals surface area contributed by atoms with E-state index in [9.17, 15) is 4.79 Å². The molecule has 1 amide bonds. The van der Waals surface area contributed by atoms with Crippen molar-refractivity contribution in [3.63, 3.8) is 0 Å². The number of hydrogen-bond acceptors (Lipinski definition) is 9. The SMILES string of the molecule is COc1nc(C)cc(C)c1CNC(=O)C1(OC)CCN(Cc2nnc(C)o2)CC1.O=CO. The molecular weight excluding hydrogens is 418 g/mol. The Labute approximate surface area is 187 Å². The molecule has 2 N–H and O–H groups in total. The van der Waals surface area contributed by atoms with E-state index >= 15 is 0 Å². The fraction of sp³-hybridized carbons (Fsp3) is 0.571. The van der Waals surface area contributed by atoms with Crippen LogP contribution in [-0.2, 0) is 27.4 Å². The summed E-state index contributed by atoms with van der Waals surface area (Å²) in [6, 6.07) is 1.98. The highest BCUT2D eigenvalue weighted by atomic mass is 16.5. The molecule has 0 aliphatic carbocycles. The molecule has 1 saturated heterocycles. The van der Waals surface area contributed by atoms with E-state index in [1.807, 2.05) is 19.9 Å². The van der Waals surface area contributed by atoms with Gasteiger partial charge in [-0.15, -0.1) is 10.2 Å². The minimum atomic E-state index is -0.847. The fourth-order valence-electron chi connectivity index (χ4n) is 3.73. The van der Waals surface area contributed by atoms with E-state index in [1.54, 1.807) is 21.1 Å². The van der Waals surface area contributed by atoms with Crippen LogP contribution >= 0.6 is 0 Å². The maximum absolute atomic E-state index is 13.0.